The average molecular weight is 393 g/mol. The summed E-state index contributed by atoms with van der Waals surface area (Å²) in [5.74, 6) is 0.343. The standard InChI is InChI=1S/C22H21ClN4O/c1-14-11-19(21(28)27-15(2)12-17-5-3-4-6-20(17)27)26-22(25-14)24-13-16-7-9-18(23)10-8-16/h3-11,15H,12-13H2,1-2H3,(H,24,25,26). The summed E-state index contributed by atoms with van der Waals surface area (Å²) < 4.78 is 0. The Bertz CT molecular complexity index is 1020. The Morgan fingerprint density at radius 1 is 1.18 bits per heavy atom. The molecular weight excluding hydrogens is 372 g/mol. The van der Waals surface area contributed by atoms with Crippen molar-refractivity contribution in [3.63, 3.8) is 0 Å². The summed E-state index contributed by atoms with van der Waals surface area (Å²) in [5, 5.41) is 3.90. The molecule has 1 aliphatic heterocycles. The highest BCUT2D eigenvalue weighted by molar-refractivity contribution is 6.30. The summed E-state index contributed by atoms with van der Waals surface area (Å²) in [4.78, 5) is 24.0. The quantitative estimate of drug-likeness (QED) is 0.702. The predicted octanol–water partition coefficient (Wildman–Crippen LogP) is 4.64. The molecule has 142 valence electrons. The van der Waals surface area contributed by atoms with E-state index >= 15 is 0 Å². The van der Waals surface area contributed by atoms with Gasteiger partial charge < -0.3 is 10.2 Å². The van der Waals surface area contributed by atoms with Crippen LogP contribution in [0, 0.1) is 6.92 Å². The smallest absolute Gasteiger partial charge is 0.277 e. The first-order valence-electron chi connectivity index (χ1n) is 9.27. The van der Waals surface area contributed by atoms with Gasteiger partial charge >= 0.3 is 0 Å². The normalized spacial score (nSPS) is 15.4. The van der Waals surface area contributed by atoms with Crippen molar-refractivity contribution in [3.8, 4) is 0 Å². The fourth-order valence-corrected chi connectivity index (χ4v) is 3.66. The van der Waals surface area contributed by atoms with Crippen molar-refractivity contribution in [3.05, 3.63) is 82.1 Å². The number of carbonyl (C=O) groups excluding carboxylic acids is 1. The third-order valence-electron chi connectivity index (χ3n) is 4.86. The summed E-state index contributed by atoms with van der Waals surface area (Å²) >= 11 is 5.93. The Hall–Kier alpha value is -2.92. The average Bonchev–Trinajstić information content (AvgIpc) is 3.02. The molecule has 0 saturated carbocycles. The number of carbonyl (C=O) groups is 1. The second kappa shape index (κ2) is 7.60. The van der Waals surface area contributed by atoms with E-state index in [0.717, 1.165) is 23.4 Å². The van der Waals surface area contributed by atoms with E-state index in [2.05, 4.69) is 28.3 Å². The number of hydrogen-bond acceptors (Lipinski definition) is 4. The van der Waals surface area contributed by atoms with E-state index in [1.54, 1.807) is 6.07 Å². The van der Waals surface area contributed by atoms with Crippen molar-refractivity contribution in [1.82, 2.24) is 9.97 Å². The van der Waals surface area contributed by atoms with E-state index in [1.807, 2.05) is 54.3 Å². The first kappa shape index (κ1) is 18.4. The summed E-state index contributed by atoms with van der Waals surface area (Å²) in [5.41, 5.74) is 4.36. The Morgan fingerprint density at radius 2 is 1.93 bits per heavy atom. The van der Waals surface area contributed by atoms with Gasteiger partial charge in [-0.1, -0.05) is 41.9 Å². The highest BCUT2D eigenvalue weighted by atomic mass is 35.5. The van der Waals surface area contributed by atoms with Gasteiger partial charge in [0.25, 0.3) is 5.91 Å². The predicted molar refractivity (Wildman–Crippen MR) is 112 cm³/mol. The van der Waals surface area contributed by atoms with Gasteiger partial charge in [-0.25, -0.2) is 9.97 Å². The van der Waals surface area contributed by atoms with E-state index in [9.17, 15) is 4.79 Å². The van der Waals surface area contributed by atoms with Gasteiger partial charge in [-0.15, -0.1) is 0 Å². The van der Waals surface area contributed by atoms with Crippen molar-refractivity contribution < 1.29 is 4.79 Å². The molecule has 1 N–H and O–H groups in total. The van der Waals surface area contributed by atoms with Crippen LogP contribution in [0.15, 0.2) is 54.6 Å². The first-order chi connectivity index (χ1) is 13.5. The highest BCUT2D eigenvalue weighted by Gasteiger charge is 2.32. The number of aryl methyl sites for hydroxylation is 1. The maximum atomic E-state index is 13.2. The van der Waals surface area contributed by atoms with Gasteiger partial charge in [-0.05, 0) is 55.7 Å². The minimum absolute atomic E-state index is 0.0995. The molecule has 1 atom stereocenters. The van der Waals surface area contributed by atoms with Crippen LogP contribution in [0.1, 0.15) is 34.2 Å². The molecule has 0 fully saturated rings. The zero-order chi connectivity index (χ0) is 19.7. The lowest BCUT2D eigenvalue weighted by atomic mass is 10.1. The number of aromatic nitrogens is 2. The third-order valence-corrected chi connectivity index (χ3v) is 5.12. The molecule has 2 heterocycles. The van der Waals surface area contributed by atoms with Crippen LogP contribution < -0.4 is 10.2 Å². The lowest BCUT2D eigenvalue weighted by Gasteiger charge is -2.22. The van der Waals surface area contributed by atoms with Crippen molar-refractivity contribution in [2.24, 2.45) is 0 Å². The molecule has 2 aromatic carbocycles. The number of para-hydroxylation sites is 1. The van der Waals surface area contributed by atoms with Gasteiger partial charge in [-0.2, -0.15) is 0 Å². The maximum absolute atomic E-state index is 13.2. The zero-order valence-electron chi connectivity index (χ0n) is 15.8. The van der Waals surface area contributed by atoms with Crippen molar-refractivity contribution in [2.45, 2.75) is 32.9 Å². The number of benzene rings is 2. The Morgan fingerprint density at radius 3 is 2.71 bits per heavy atom. The molecule has 1 aliphatic rings. The molecule has 6 heteroatoms. The number of amides is 1. The number of fused-ring (bicyclic) bond motifs is 1. The summed E-state index contributed by atoms with van der Waals surface area (Å²) in [6.45, 7) is 4.48. The number of nitrogens with zero attached hydrogens (tertiary/aromatic N) is 3. The summed E-state index contributed by atoms with van der Waals surface area (Å²) in [6.07, 6.45) is 0.855. The maximum Gasteiger partial charge on any atom is 0.277 e. The molecule has 4 rings (SSSR count). The zero-order valence-corrected chi connectivity index (χ0v) is 16.6. The molecule has 3 aromatic rings. The number of halogens is 1. The molecule has 1 unspecified atom stereocenters. The van der Waals surface area contributed by atoms with Gasteiger partial charge in [-0.3, -0.25) is 4.79 Å². The van der Waals surface area contributed by atoms with Gasteiger partial charge in [0.2, 0.25) is 5.95 Å². The van der Waals surface area contributed by atoms with Crippen LogP contribution in [0.2, 0.25) is 5.02 Å². The van der Waals surface area contributed by atoms with E-state index in [4.69, 9.17) is 11.6 Å². The van der Waals surface area contributed by atoms with Crippen molar-refractivity contribution in [2.75, 3.05) is 10.2 Å². The van der Waals surface area contributed by atoms with Crippen LogP contribution in [-0.4, -0.2) is 21.9 Å². The number of anilines is 2. The largest absolute Gasteiger partial charge is 0.350 e. The highest BCUT2D eigenvalue weighted by Crippen LogP contribution is 2.33. The van der Waals surface area contributed by atoms with Crippen molar-refractivity contribution in [1.29, 1.82) is 0 Å². The molecule has 28 heavy (non-hydrogen) atoms. The lowest BCUT2D eigenvalue weighted by molar-refractivity contribution is 0.0976. The first-order valence-corrected chi connectivity index (χ1v) is 9.64. The van der Waals surface area contributed by atoms with E-state index in [1.165, 1.54) is 5.56 Å². The van der Waals surface area contributed by atoms with E-state index in [-0.39, 0.29) is 11.9 Å². The van der Waals surface area contributed by atoms with Crippen LogP contribution in [0.5, 0.6) is 0 Å². The Balaban J connectivity index is 1.56. The minimum atomic E-state index is -0.0995. The fourth-order valence-electron chi connectivity index (χ4n) is 3.54. The Kier molecular flexibility index (Phi) is 5.01. The van der Waals surface area contributed by atoms with Crippen LogP contribution >= 0.6 is 11.6 Å². The lowest BCUT2D eigenvalue weighted by Crippen LogP contribution is -2.36. The number of nitrogens with one attached hydrogen (secondary N) is 1. The van der Waals surface area contributed by atoms with Crippen LogP contribution in [0.3, 0.4) is 0 Å². The fraction of sp³-hybridized carbons (Fsp3) is 0.227. The van der Waals surface area contributed by atoms with E-state index < -0.39 is 0 Å². The second-order valence-corrected chi connectivity index (χ2v) is 7.49. The summed E-state index contributed by atoms with van der Waals surface area (Å²) in [6, 6.07) is 17.4. The van der Waals surface area contributed by atoms with Crippen LogP contribution in [0.25, 0.3) is 0 Å². The molecule has 0 aliphatic carbocycles. The molecule has 0 bridgehead atoms. The van der Waals surface area contributed by atoms with Crippen molar-refractivity contribution >= 4 is 29.1 Å². The minimum Gasteiger partial charge on any atom is -0.350 e. The molecule has 5 nitrogen and oxygen atoms in total. The van der Waals surface area contributed by atoms with Crippen LogP contribution in [0.4, 0.5) is 11.6 Å². The molecular formula is C22H21ClN4O. The molecule has 0 spiro atoms. The second-order valence-electron chi connectivity index (χ2n) is 7.06. The van der Waals surface area contributed by atoms with E-state index in [0.29, 0.717) is 23.2 Å². The summed E-state index contributed by atoms with van der Waals surface area (Å²) in [7, 11) is 0. The number of rotatable bonds is 4. The monoisotopic (exact) mass is 392 g/mol. The SMILES string of the molecule is Cc1cc(C(=O)N2c3ccccc3CC2C)nc(NCc2ccc(Cl)cc2)n1. The van der Waals surface area contributed by atoms with Crippen LogP contribution in [-0.2, 0) is 13.0 Å². The van der Waals surface area contributed by atoms with Gasteiger partial charge in [0.05, 0.1) is 0 Å². The molecule has 0 saturated heterocycles. The number of hydrogen-bond donors (Lipinski definition) is 1. The topological polar surface area (TPSA) is 58.1 Å². The van der Waals surface area contributed by atoms with Gasteiger partial charge in [0.1, 0.15) is 5.69 Å². The van der Waals surface area contributed by atoms with Gasteiger partial charge in [0.15, 0.2) is 0 Å². The van der Waals surface area contributed by atoms with Gasteiger partial charge in [0, 0.05) is 29.0 Å². The molecule has 1 aromatic heterocycles. The Labute approximate surface area is 169 Å². The third kappa shape index (κ3) is 3.71. The molecule has 0 radical (unpaired) electrons. The molecule has 1 amide bonds.